The van der Waals surface area contributed by atoms with Gasteiger partial charge < -0.3 is 19.5 Å². The number of dihydropyridines is 1. The molecule has 6 nitrogen and oxygen atoms in total. The molecule has 0 radical (unpaired) electrons. The maximum Gasteiger partial charge on any atom is 0.336 e. The molecular weight excluding hydrogens is 498 g/mol. The molecule has 0 bridgehead atoms. The number of esters is 1. The van der Waals surface area contributed by atoms with Crippen LogP contribution >= 0.6 is 11.3 Å². The molecule has 1 aliphatic heterocycles. The Morgan fingerprint density at radius 1 is 1.00 bits per heavy atom. The van der Waals surface area contributed by atoms with Gasteiger partial charge in [0.2, 0.25) is 0 Å². The minimum absolute atomic E-state index is 0.0408. The van der Waals surface area contributed by atoms with Crippen molar-refractivity contribution in [3.8, 4) is 11.5 Å². The second-order valence-electron chi connectivity index (χ2n) is 9.52. The molecule has 7 heteroatoms. The van der Waals surface area contributed by atoms with E-state index in [2.05, 4.69) is 11.4 Å². The van der Waals surface area contributed by atoms with E-state index in [0.717, 1.165) is 16.8 Å². The van der Waals surface area contributed by atoms with Gasteiger partial charge in [-0.3, -0.25) is 4.79 Å². The van der Waals surface area contributed by atoms with Crippen LogP contribution in [0.15, 0.2) is 88.6 Å². The molecule has 0 saturated carbocycles. The number of benzene rings is 2. The van der Waals surface area contributed by atoms with Crippen LogP contribution in [0.3, 0.4) is 0 Å². The van der Waals surface area contributed by atoms with Gasteiger partial charge in [0.1, 0.15) is 0 Å². The summed E-state index contributed by atoms with van der Waals surface area (Å²) in [6.07, 6.45) is 1.72. The Bertz CT molecular complexity index is 1390. The van der Waals surface area contributed by atoms with Gasteiger partial charge >= 0.3 is 5.97 Å². The molecule has 196 valence electrons. The Labute approximate surface area is 226 Å². The van der Waals surface area contributed by atoms with E-state index in [1.54, 1.807) is 25.6 Å². The number of nitrogens with one attached hydrogen (secondary N) is 1. The Balaban J connectivity index is 1.50. The molecule has 5 rings (SSSR count). The molecule has 3 aromatic rings. The number of carbonyl (C=O) groups is 2. The third-order valence-electron chi connectivity index (χ3n) is 7.20. The summed E-state index contributed by atoms with van der Waals surface area (Å²) >= 11 is 1.67. The first-order valence-electron chi connectivity index (χ1n) is 12.7. The van der Waals surface area contributed by atoms with Gasteiger partial charge in [-0.15, -0.1) is 11.3 Å². The number of Topliss-reactive ketones (excluding diaryl/α,β-unsaturated/α-hetero) is 1. The smallest absolute Gasteiger partial charge is 0.336 e. The number of methoxy groups -OCH3 is 2. The zero-order chi connectivity index (χ0) is 26.6. The van der Waals surface area contributed by atoms with Crippen LogP contribution in [0.25, 0.3) is 0 Å². The van der Waals surface area contributed by atoms with Crippen molar-refractivity contribution in [3.05, 3.63) is 105 Å². The van der Waals surface area contributed by atoms with E-state index in [0.29, 0.717) is 47.6 Å². The maximum atomic E-state index is 13.7. The summed E-state index contributed by atoms with van der Waals surface area (Å²) in [5, 5.41) is 5.46. The average molecular weight is 530 g/mol. The highest BCUT2D eigenvalue weighted by Gasteiger charge is 2.41. The molecule has 1 aromatic heterocycles. The average Bonchev–Trinajstić information content (AvgIpc) is 3.47. The van der Waals surface area contributed by atoms with Crippen LogP contribution in [-0.4, -0.2) is 32.6 Å². The topological polar surface area (TPSA) is 73.9 Å². The highest BCUT2D eigenvalue weighted by molar-refractivity contribution is 7.10. The van der Waals surface area contributed by atoms with Crippen LogP contribution < -0.4 is 14.8 Å². The lowest BCUT2D eigenvalue weighted by Crippen LogP contribution is -2.36. The van der Waals surface area contributed by atoms with E-state index in [1.807, 2.05) is 66.9 Å². The molecule has 2 atom stereocenters. The van der Waals surface area contributed by atoms with E-state index < -0.39 is 11.9 Å². The summed E-state index contributed by atoms with van der Waals surface area (Å²) in [4.78, 5) is 28.5. The summed E-state index contributed by atoms with van der Waals surface area (Å²) in [6.45, 7) is 2.13. The SMILES string of the molecule is COc1ccc([C@@H]2C(C(=O)OCCc3ccccc3)=C(C)NC3=C2C(=O)C[C@H](c2cccs2)C3)cc1OC. The molecule has 2 aromatic carbocycles. The lowest BCUT2D eigenvalue weighted by atomic mass is 9.72. The Morgan fingerprint density at radius 2 is 1.79 bits per heavy atom. The van der Waals surface area contributed by atoms with Crippen molar-refractivity contribution in [1.82, 2.24) is 5.32 Å². The Kier molecular flexibility index (Phi) is 7.65. The minimum Gasteiger partial charge on any atom is -0.493 e. The summed E-state index contributed by atoms with van der Waals surface area (Å²) in [6, 6.07) is 19.6. The van der Waals surface area contributed by atoms with Crippen LogP contribution in [0.1, 0.15) is 47.6 Å². The normalized spacial score (nSPS) is 19.1. The number of allylic oxidation sites excluding steroid dienone is 3. The zero-order valence-electron chi connectivity index (χ0n) is 21.8. The second-order valence-corrected chi connectivity index (χ2v) is 10.5. The minimum atomic E-state index is -0.563. The van der Waals surface area contributed by atoms with Gasteiger partial charge in [0.25, 0.3) is 0 Å². The summed E-state index contributed by atoms with van der Waals surface area (Å²) in [5.41, 5.74) is 4.54. The number of hydrogen-bond donors (Lipinski definition) is 1. The van der Waals surface area contributed by atoms with Gasteiger partial charge in [0.05, 0.1) is 26.4 Å². The molecule has 0 fully saturated rings. The predicted molar refractivity (Wildman–Crippen MR) is 148 cm³/mol. The highest BCUT2D eigenvalue weighted by atomic mass is 32.1. The molecule has 0 spiro atoms. The number of hydrogen-bond acceptors (Lipinski definition) is 7. The predicted octanol–water partition coefficient (Wildman–Crippen LogP) is 5.91. The van der Waals surface area contributed by atoms with Crippen LogP contribution in [-0.2, 0) is 20.7 Å². The zero-order valence-corrected chi connectivity index (χ0v) is 22.6. The quantitative estimate of drug-likeness (QED) is 0.366. The van der Waals surface area contributed by atoms with E-state index in [4.69, 9.17) is 14.2 Å². The fraction of sp³-hybridized carbons (Fsp3) is 0.290. The van der Waals surface area contributed by atoms with Crippen molar-refractivity contribution in [2.45, 2.75) is 38.0 Å². The van der Waals surface area contributed by atoms with E-state index in [9.17, 15) is 9.59 Å². The maximum absolute atomic E-state index is 13.7. The number of ketones is 1. The molecule has 0 amide bonds. The van der Waals surface area contributed by atoms with Gasteiger partial charge in [0, 0.05) is 46.5 Å². The number of thiophene rings is 1. The molecule has 0 saturated heterocycles. The van der Waals surface area contributed by atoms with Crippen LogP contribution in [0.5, 0.6) is 11.5 Å². The van der Waals surface area contributed by atoms with E-state index >= 15 is 0 Å². The molecule has 2 aliphatic rings. The standard InChI is InChI=1S/C31H31NO5S/c1-19-28(31(34)37-14-13-20-8-5-4-6-9-20)29(21-11-12-25(35-2)26(18-21)36-3)30-23(32-19)16-22(17-24(30)33)27-10-7-15-38-27/h4-12,15,18,22,29,32H,13-14,16-17H2,1-3H3/t22-,29-/m1/s1. The number of rotatable bonds is 8. The van der Waals surface area contributed by atoms with Gasteiger partial charge in [-0.2, -0.15) is 0 Å². The first-order chi connectivity index (χ1) is 18.5. The molecule has 1 aliphatic carbocycles. The van der Waals surface area contributed by atoms with Crippen LogP contribution in [0.4, 0.5) is 0 Å². The monoisotopic (exact) mass is 529 g/mol. The summed E-state index contributed by atoms with van der Waals surface area (Å²) < 4.78 is 16.8. The van der Waals surface area contributed by atoms with Crippen molar-refractivity contribution >= 4 is 23.1 Å². The summed E-state index contributed by atoms with van der Waals surface area (Å²) in [5.74, 6) is 0.295. The van der Waals surface area contributed by atoms with Crippen LogP contribution in [0, 0.1) is 0 Å². The lowest BCUT2D eigenvalue weighted by Gasteiger charge is -2.36. The third-order valence-corrected chi connectivity index (χ3v) is 8.24. The highest BCUT2D eigenvalue weighted by Crippen LogP contribution is 2.47. The van der Waals surface area contributed by atoms with Crippen molar-refractivity contribution in [2.24, 2.45) is 0 Å². The van der Waals surface area contributed by atoms with Crippen LogP contribution in [0.2, 0.25) is 0 Å². The van der Waals surface area contributed by atoms with Crippen molar-refractivity contribution in [1.29, 1.82) is 0 Å². The van der Waals surface area contributed by atoms with Gasteiger partial charge in [-0.25, -0.2) is 4.79 Å². The Morgan fingerprint density at radius 3 is 2.50 bits per heavy atom. The molecule has 2 heterocycles. The van der Waals surface area contributed by atoms with E-state index in [1.165, 1.54) is 4.88 Å². The second kappa shape index (κ2) is 11.3. The van der Waals surface area contributed by atoms with Crippen molar-refractivity contribution in [2.75, 3.05) is 20.8 Å². The first-order valence-corrected chi connectivity index (χ1v) is 13.6. The summed E-state index contributed by atoms with van der Waals surface area (Å²) in [7, 11) is 3.16. The Hall–Kier alpha value is -3.84. The van der Waals surface area contributed by atoms with Crippen molar-refractivity contribution < 1.29 is 23.8 Å². The lowest BCUT2D eigenvalue weighted by molar-refractivity contribution is -0.139. The van der Waals surface area contributed by atoms with Gasteiger partial charge in [-0.05, 0) is 48.1 Å². The van der Waals surface area contributed by atoms with Gasteiger partial charge in [0.15, 0.2) is 17.3 Å². The number of ether oxygens (including phenoxy) is 3. The molecule has 0 unspecified atom stereocenters. The molecule has 1 N–H and O–H groups in total. The van der Waals surface area contributed by atoms with E-state index in [-0.39, 0.29) is 18.3 Å². The first kappa shape index (κ1) is 25.8. The van der Waals surface area contributed by atoms with Gasteiger partial charge in [-0.1, -0.05) is 42.5 Å². The van der Waals surface area contributed by atoms with Crippen molar-refractivity contribution in [3.63, 3.8) is 0 Å². The molecular formula is C31H31NO5S. The fourth-order valence-corrected chi connectivity index (χ4v) is 6.21. The largest absolute Gasteiger partial charge is 0.493 e. The third kappa shape index (κ3) is 5.11. The number of carbonyl (C=O) groups excluding carboxylic acids is 2. The molecule has 38 heavy (non-hydrogen) atoms. The fourth-order valence-electron chi connectivity index (χ4n) is 5.38.